The maximum atomic E-state index is 4.53. The van der Waals surface area contributed by atoms with Crippen molar-refractivity contribution in [1.29, 1.82) is 0 Å². The van der Waals surface area contributed by atoms with Gasteiger partial charge in [-0.2, -0.15) is 5.10 Å². The van der Waals surface area contributed by atoms with Crippen LogP contribution in [0.3, 0.4) is 0 Å². The van der Waals surface area contributed by atoms with E-state index in [1.54, 1.807) is 0 Å². The number of aromatic nitrogens is 2. The van der Waals surface area contributed by atoms with E-state index in [4.69, 9.17) is 0 Å². The predicted octanol–water partition coefficient (Wildman–Crippen LogP) is 3.62. The lowest BCUT2D eigenvalue weighted by atomic mass is 9.98. The molecule has 1 aliphatic heterocycles. The van der Waals surface area contributed by atoms with Gasteiger partial charge in [0.1, 0.15) is 0 Å². The van der Waals surface area contributed by atoms with E-state index in [2.05, 4.69) is 62.3 Å². The van der Waals surface area contributed by atoms with Gasteiger partial charge in [0.05, 0.1) is 6.20 Å². The molecule has 0 bridgehead atoms. The van der Waals surface area contributed by atoms with Gasteiger partial charge in [-0.15, -0.1) is 0 Å². The Bertz CT molecular complexity index is 585. The van der Waals surface area contributed by atoms with Crippen LogP contribution in [0.4, 0.5) is 0 Å². The molecule has 1 fully saturated rings. The van der Waals surface area contributed by atoms with Gasteiger partial charge in [0, 0.05) is 22.8 Å². The van der Waals surface area contributed by atoms with Crippen LogP contribution in [0.5, 0.6) is 0 Å². The summed E-state index contributed by atoms with van der Waals surface area (Å²) in [6, 6.07) is 6.40. The van der Waals surface area contributed by atoms with Crippen molar-refractivity contribution in [1.82, 2.24) is 15.1 Å². The number of piperidine rings is 1. The van der Waals surface area contributed by atoms with Crippen LogP contribution in [0, 0.1) is 12.8 Å². The van der Waals surface area contributed by atoms with E-state index in [1.165, 1.54) is 29.5 Å². The summed E-state index contributed by atoms with van der Waals surface area (Å²) in [4.78, 5) is 0. The highest BCUT2D eigenvalue weighted by Crippen LogP contribution is 2.26. The molecular weight excluding hydrogens is 314 g/mol. The van der Waals surface area contributed by atoms with Crippen LogP contribution in [-0.2, 0) is 6.54 Å². The maximum Gasteiger partial charge on any atom is 0.0568 e. The molecule has 0 radical (unpaired) electrons. The lowest BCUT2D eigenvalue weighted by Crippen LogP contribution is -2.29. The zero-order valence-electron chi connectivity index (χ0n) is 11.8. The fraction of sp³-hybridized carbons (Fsp3) is 0.438. The molecule has 2 aromatic rings. The SMILES string of the molecule is Cc1cc(Br)ccc1-c1cnn(CC2CCNCC2)c1. The number of hydrogen-bond acceptors (Lipinski definition) is 2. The van der Waals surface area contributed by atoms with Crippen LogP contribution in [0.1, 0.15) is 18.4 Å². The molecule has 0 saturated carbocycles. The Balaban J connectivity index is 1.75. The van der Waals surface area contributed by atoms with Gasteiger partial charge in [-0.25, -0.2) is 0 Å². The smallest absolute Gasteiger partial charge is 0.0568 e. The average molecular weight is 334 g/mol. The third-order valence-electron chi connectivity index (χ3n) is 4.04. The molecule has 3 nitrogen and oxygen atoms in total. The predicted molar refractivity (Wildman–Crippen MR) is 85.7 cm³/mol. The second-order valence-electron chi connectivity index (χ2n) is 5.60. The molecule has 20 heavy (non-hydrogen) atoms. The first-order chi connectivity index (χ1) is 9.72. The first kappa shape index (κ1) is 13.8. The fourth-order valence-corrected chi connectivity index (χ4v) is 3.36. The number of rotatable bonds is 3. The number of halogens is 1. The summed E-state index contributed by atoms with van der Waals surface area (Å²) in [6.45, 7) is 5.47. The molecule has 2 heterocycles. The van der Waals surface area contributed by atoms with Crippen molar-refractivity contribution in [2.24, 2.45) is 5.92 Å². The number of nitrogens with zero attached hydrogens (tertiary/aromatic N) is 2. The van der Waals surface area contributed by atoms with Crippen molar-refractivity contribution in [2.75, 3.05) is 13.1 Å². The molecule has 106 valence electrons. The number of hydrogen-bond donors (Lipinski definition) is 1. The molecule has 3 rings (SSSR count). The summed E-state index contributed by atoms with van der Waals surface area (Å²) in [6.07, 6.45) is 6.68. The van der Waals surface area contributed by atoms with E-state index in [0.717, 1.165) is 30.0 Å². The van der Waals surface area contributed by atoms with Crippen LogP contribution in [0.15, 0.2) is 35.1 Å². The second-order valence-corrected chi connectivity index (χ2v) is 6.52. The Morgan fingerprint density at radius 1 is 1.35 bits per heavy atom. The third kappa shape index (κ3) is 3.13. The molecule has 0 atom stereocenters. The Hall–Kier alpha value is -1.13. The Labute approximate surface area is 128 Å². The van der Waals surface area contributed by atoms with Crippen LogP contribution < -0.4 is 5.32 Å². The minimum Gasteiger partial charge on any atom is -0.317 e. The molecule has 1 saturated heterocycles. The number of benzene rings is 1. The third-order valence-corrected chi connectivity index (χ3v) is 4.53. The summed E-state index contributed by atoms with van der Waals surface area (Å²) in [7, 11) is 0. The van der Waals surface area contributed by atoms with Crippen molar-refractivity contribution in [3.63, 3.8) is 0 Å². The summed E-state index contributed by atoms with van der Waals surface area (Å²) >= 11 is 3.51. The summed E-state index contributed by atoms with van der Waals surface area (Å²) in [5.74, 6) is 0.759. The molecular formula is C16H20BrN3. The quantitative estimate of drug-likeness (QED) is 0.929. The molecule has 0 spiro atoms. The summed E-state index contributed by atoms with van der Waals surface area (Å²) in [5.41, 5.74) is 3.76. The van der Waals surface area contributed by atoms with E-state index in [1.807, 2.05) is 6.20 Å². The van der Waals surface area contributed by atoms with Crippen LogP contribution >= 0.6 is 15.9 Å². The highest BCUT2D eigenvalue weighted by molar-refractivity contribution is 9.10. The molecule has 1 aromatic heterocycles. The maximum absolute atomic E-state index is 4.53. The Morgan fingerprint density at radius 3 is 2.90 bits per heavy atom. The first-order valence-electron chi connectivity index (χ1n) is 7.22. The number of aryl methyl sites for hydroxylation is 1. The zero-order valence-corrected chi connectivity index (χ0v) is 13.4. The van der Waals surface area contributed by atoms with Gasteiger partial charge in [-0.1, -0.05) is 22.0 Å². The summed E-state index contributed by atoms with van der Waals surface area (Å²) < 4.78 is 3.23. The molecule has 1 aliphatic rings. The van der Waals surface area contributed by atoms with Gasteiger partial charge < -0.3 is 5.32 Å². The largest absolute Gasteiger partial charge is 0.317 e. The highest BCUT2D eigenvalue weighted by Gasteiger charge is 2.14. The standard InChI is InChI=1S/C16H20BrN3/c1-12-8-15(17)2-3-16(12)14-9-19-20(11-14)10-13-4-6-18-7-5-13/h2-3,8-9,11,13,18H,4-7,10H2,1H3. The van der Waals surface area contributed by atoms with E-state index in [0.29, 0.717) is 0 Å². The lowest BCUT2D eigenvalue weighted by Gasteiger charge is -2.22. The molecule has 1 aromatic carbocycles. The average Bonchev–Trinajstić information content (AvgIpc) is 2.88. The minimum atomic E-state index is 0.759. The molecule has 0 unspecified atom stereocenters. The second kappa shape index (κ2) is 6.10. The van der Waals surface area contributed by atoms with Gasteiger partial charge in [0.25, 0.3) is 0 Å². The van der Waals surface area contributed by atoms with Crippen molar-refractivity contribution >= 4 is 15.9 Å². The van der Waals surface area contributed by atoms with Crippen LogP contribution in [-0.4, -0.2) is 22.9 Å². The van der Waals surface area contributed by atoms with E-state index < -0.39 is 0 Å². The van der Waals surface area contributed by atoms with Gasteiger partial charge in [-0.3, -0.25) is 4.68 Å². The Morgan fingerprint density at radius 2 is 2.15 bits per heavy atom. The topological polar surface area (TPSA) is 29.9 Å². The monoisotopic (exact) mass is 333 g/mol. The van der Waals surface area contributed by atoms with E-state index in [9.17, 15) is 0 Å². The van der Waals surface area contributed by atoms with Gasteiger partial charge in [0.2, 0.25) is 0 Å². The molecule has 0 amide bonds. The lowest BCUT2D eigenvalue weighted by molar-refractivity contribution is 0.321. The van der Waals surface area contributed by atoms with Gasteiger partial charge >= 0.3 is 0 Å². The minimum absolute atomic E-state index is 0.759. The van der Waals surface area contributed by atoms with Gasteiger partial charge in [0.15, 0.2) is 0 Å². The Kier molecular flexibility index (Phi) is 4.22. The highest BCUT2D eigenvalue weighted by atomic mass is 79.9. The molecule has 0 aliphatic carbocycles. The van der Waals surface area contributed by atoms with Crippen molar-refractivity contribution in [3.05, 3.63) is 40.6 Å². The molecule has 4 heteroatoms. The van der Waals surface area contributed by atoms with Crippen molar-refractivity contribution < 1.29 is 0 Å². The van der Waals surface area contributed by atoms with Crippen LogP contribution in [0.25, 0.3) is 11.1 Å². The van der Waals surface area contributed by atoms with E-state index in [-0.39, 0.29) is 0 Å². The number of nitrogens with one attached hydrogen (secondary N) is 1. The van der Waals surface area contributed by atoms with Gasteiger partial charge in [-0.05, 0) is 62.0 Å². The van der Waals surface area contributed by atoms with E-state index >= 15 is 0 Å². The molecule has 1 N–H and O–H groups in total. The van der Waals surface area contributed by atoms with Crippen LogP contribution in [0.2, 0.25) is 0 Å². The van der Waals surface area contributed by atoms with Crippen molar-refractivity contribution in [2.45, 2.75) is 26.3 Å². The zero-order chi connectivity index (χ0) is 13.9. The first-order valence-corrected chi connectivity index (χ1v) is 8.01. The normalized spacial score (nSPS) is 16.5. The van der Waals surface area contributed by atoms with Crippen molar-refractivity contribution in [3.8, 4) is 11.1 Å². The summed E-state index contributed by atoms with van der Waals surface area (Å²) in [5, 5.41) is 7.94. The fourth-order valence-electron chi connectivity index (χ4n) is 2.88.